The maximum Gasteiger partial charge on any atom is 0.119 e. The summed E-state index contributed by atoms with van der Waals surface area (Å²) >= 11 is 0. The van der Waals surface area contributed by atoms with Crippen LogP contribution in [0.3, 0.4) is 0 Å². The molecular weight excluding hydrogens is 246 g/mol. The molecule has 0 amide bonds. The molecular formula is C18H23NO. The van der Waals surface area contributed by atoms with Crippen LogP contribution >= 0.6 is 0 Å². The third-order valence-corrected chi connectivity index (χ3v) is 3.17. The highest BCUT2D eigenvalue weighted by Crippen LogP contribution is 2.23. The Morgan fingerprint density at radius 2 is 1.50 bits per heavy atom. The van der Waals surface area contributed by atoms with Crippen LogP contribution in [0.15, 0.2) is 48.5 Å². The molecule has 1 atom stereocenters. The first kappa shape index (κ1) is 14.6. The van der Waals surface area contributed by atoms with Crippen molar-refractivity contribution in [3.63, 3.8) is 0 Å². The molecule has 1 unspecified atom stereocenters. The van der Waals surface area contributed by atoms with Crippen molar-refractivity contribution in [3.8, 4) is 16.9 Å². The molecule has 106 valence electrons. The quantitative estimate of drug-likeness (QED) is 0.859. The second-order valence-electron chi connectivity index (χ2n) is 5.25. The predicted octanol–water partition coefficient (Wildman–Crippen LogP) is 4.03. The second kappa shape index (κ2) is 7.11. The van der Waals surface area contributed by atoms with Crippen molar-refractivity contribution in [1.82, 2.24) is 0 Å². The molecule has 0 aromatic heterocycles. The van der Waals surface area contributed by atoms with Crippen molar-refractivity contribution in [3.05, 3.63) is 54.1 Å². The highest BCUT2D eigenvalue weighted by atomic mass is 16.5. The van der Waals surface area contributed by atoms with E-state index in [1.165, 1.54) is 16.7 Å². The monoisotopic (exact) mass is 269 g/mol. The van der Waals surface area contributed by atoms with Crippen molar-refractivity contribution >= 4 is 0 Å². The Balaban J connectivity index is 2.07. The normalized spacial score (nSPS) is 12.2. The van der Waals surface area contributed by atoms with E-state index in [1.807, 2.05) is 19.1 Å². The summed E-state index contributed by atoms with van der Waals surface area (Å²) in [6, 6.07) is 17.1. The zero-order valence-corrected chi connectivity index (χ0v) is 12.3. The SMILES string of the molecule is CCCOc1ccc(-c2ccc(CC(C)N)cc2)cc1. The van der Waals surface area contributed by atoms with Gasteiger partial charge < -0.3 is 10.5 Å². The van der Waals surface area contributed by atoms with Crippen LogP contribution in [-0.2, 0) is 6.42 Å². The Morgan fingerprint density at radius 3 is 2.00 bits per heavy atom. The maximum atomic E-state index is 5.82. The van der Waals surface area contributed by atoms with E-state index in [0.717, 1.165) is 25.2 Å². The van der Waals surface area contributed by atoms with E-state index in [9.17, 15) is 0 Å². The van der Waals surface area contributed by atoms with Gasteiger partial charge in [0.15, 0.2) is 0 Å². The summed E-state index contributed by atoms with van der Waals surface area (Å²) < 4.78 is 5.59. The van der Waals surface area contributed by atoms with Crippen LogP contribution in [0.5, 0.6) is 5.75 Å². The minimum absolute atomic E-state index is 0.204. The number of benzene rings is 2. The van der Waals surface area contributed by atoms with Crippen LogP contribution in [0, 0.1) is 0 Å². The fourth-order valence-corrected chi connectivity index (χ4v) is 2.17. The van der Waals surface area contributed by atoms with E-state index >= 15 is 0 Å². The first-order chi connectivity index (χ1) is 9.69. The molecule has 2 aromatic rings. The van der Waals surface area contributed by atoms with Crippen molar-refractivity contribution < 1.29 is 4.74 Å². The molecule has 2 heteroatoms. The smallest absolute Gasteiger partial charge is 0.119 e. The highest BCUT2D eigenvalue weighted by molar-refractivity contribution is 5.64. The summed E-state index contributed by atoms with van der Waals surface area (Å²) in [5, 5.41) is 0. The number of rotatable bonds is 6. The molecule has 0 bridgehead atoms. The zero-order valence-electron chi connectivity index (χ0n) is 12.3. The summed E-state index contributed by atoms with van der Waals surface area (Å²) in [6.45, 7) is 4.91. The minimum Gasteiger partial charge on any atom is -0.494 e. The molecule has 0 aliphatic carbocycles. The Kier molecular flexibility index (Phi) is 5.19. The fourth-order valence-electron chi connectivity index (χ4n) is 2.17. The Hall–Kier alpha value is -1.80. The highest BCUT2D eigenvalue weighted by Gasteiger charge is 2.01. The molecule has 2 rings (SSSR count). The van der Waals surface area contributed by atoms with Crippen LogP contribution in [-0.4, -0.2) is 12.6 Å². The molecule has 0 aliphatic rings. The molecule has 0 aliphatic heterocycles. The van der Waals surface area contributed by atoms with Crippen molar-refractivity contribution in [2.45, 2.75) is 32.7 Å². The van der Waals surface area contributed by atoms with Crippen LogP contribution in [0.1, 0.15) is 25.8 Å². The van der Waals surface area contributed by atoms with Gasteiger partial charge in [-0.1, -0.05) is 43.3 Å². The van der Waals surface area contributed by atoms with Crippen molar-refractivity contribution in [2.75, 3.05) is 6.61 Å². The lowest BCUT2D eigenvalue weighted by Crippen LogP contribution is -2.17. The van der Waals surface area contributed by atoms with E-state index in [4.69, 9.17) is 10.5 Å². The maximum absolute atomic E-state index is 5.82. The summed E-state index contributed by atoms with van der Waals surface area (Å²) in [5.41, 5.74) is 9.53. The lowest BCUT2D eigenvalue weighted by molar-refractivity contribution is 0.317. The molecule has 20 heavy (non-hydrogen) atoms. The summed E-state index contributed by atoms with van der Waals surface area (Å²) in [4.78, 5) is 0. The van der Waals surface area contributed by atoms with E-state index in [2.05, 4.69) is 43.3 Å². The van der Waals surface area contributed by atoms with Gasteiger partial charge in [0.05, 0.1) is 6.61 Å². The molecule has 2 nitrogen and oxygen atoms in total. The van der Waals surface area contributed by atoms with Crippen LogP contribution < -0.4 is 10.5 Å². The average molecular weight is 269 g/mol. The van der Waals surface area contributed by atoms with Gasteiger partial charge in [-0.25, -0.2) is 0 Å². The third kappa shape index (κ3) is 4.10. The summed E-state index contributed by atoms with van der Waals surface area (Å²) in [5.74, 6) is 0.934. The molecule has 0 heterocycles. The Bertz CT molecular complexity index is 514. The Labute approximate surface area is 121 Å². The van der Waals surface area contributed by atoms with Gasteiger partial charge in [-0.2, -0.15) is 0 Å². The number of ether oxygens (including phenoxy) is 1. The number of hydrogen-bond donors (Lipinski definition) is 1. The first-order valence-corrected chi connectivity index (χ1v) is 7.27. The van der Waals surface area contributed by atoms with Crippen molar-refractivity contribution in [1.29, 1.82) is 0 Å². The average Bonchev–Trinajstić information content (AvgIpc) is 2.46. The predicted molar refractivity (Wildman–Crippen MR) is 85.0 cm³/mol. The van der Waals surface area contributed by atoms with E-state index in [-0.39, 0.29) is 6.04 Å². The van der Waals surface area contributed by atoms with Gasteiger partial charge >= 0.3 is 0 Å². The first-order valence-electron chi connectivity index (χ1n) is 7.27. The Morgan fingerprint density at radius 1 is 0.950 bits per heavy atom. The number of nitrogens with two attached hydrogens (primary N) is 1. The van der Waals surface area contributed by atoms with Gasteiger partial charge in [-0.3, -0.25) is 0 Å². The van der Waals surface area contributed by atoms with Gasteiger partial charge in [0.1, 0.15) is 5.75 Å². The lowest BCUT2D eigenvalue weighted by atomic mass is 10.0. The van der Waals surface area contributed by atoms with Gasteiger partial charge in [-0.05, 0) is 48.6 Å². The minimum atomic E-state index is 0.204. The lowest BCUT2D eigenvalue weighted by Gasteiger charge is -2.08. The van der Waals surface area contributed by atoms with Gasteiger partial charge in [0.2, 0.25) is 0 Å². The third-order valence-electron chi connectivity index (χ3n) is 3.17. The van der Waals surface area contributed by atoms with E-state index in [1.54, 1.807) is 0 Å². The molecule has 0 fully saturated rings. The summed E-state index contributed by atoms with van der Waals surface area (Å²) in [6.07, 6.45) is 1.95. The van der Waals surface area contributed by atoms with Gasteiger partial charge in [0.25, 0.3) is 0 Å². The molecule has 0 spiro atoms. The van der Waals surface area contributed by atoms with E-state index in [0.29, 0.717) is 0 Å². The van der Waals surface area contributed by atoms with Crippen LogP contribution in [0.4, 0.5) is 0 Å². The standard InChI is InChI=1S/C18H23NO/c1-3-12-20-18-10-8-17(9-11-18)16-6-4-15(5-7-16)13-14(2)19/h4-11,14H,3,12-13,19H2,1-2H3. The van der Waals surface area contributed by atoms with Crippen molar-refractivity contribution in [2.24, 2.45) is 5.73 Å². The summed E-state index contributed by atoms with van der Waals surface area (Å²) in [7, 11) is 0. The van der Waals surface area contributed by atoms with Gasteiger partial charge in [0, 0.05) is 6.04 Å². The topological polar surface area (TPSA) is 35.2 Å². The number of hydrogen-bond acceptors (Lipinski definition) is 2. The molecule has 0 saturated carbocycles. The fraction of sp³-hybridized carbons (Fsp3) is 0.333. The van der Waals surface area contributed by atoms with Crippen LogP contribution in [0.2, 0.25) is 0 Å². The van der Waals surface area contributed by atoms with Gasteiger partial charge in [-0.15, -0.1) is 0 Å². The second-order valence-corrected chi connectivity index (χ2v) is 5.25. The van der Waals surface area contributed by atoms with E-state index < -0.39 is 0 Å². The molecule has 0 radical (unpaired) electrons. The van der Waals surface area contributed by atoms with Crippen LogP contribution in [0.25, 0.3) is 11.1 Å². The molecule has 0 saturated heterocycles. The largest absolute Gasteiger partial charge is 0.494 e. The molecule has 2 aromatic carbocycles. The zero-order chi connectivity index (χ0) is 14.4. The molecule has 2 N–H and O–H groups in total.